The van der Waals surface area contributed by atoms with E-state index < -0.39 is 0 Å². The van der Waals surface area contributed by atoms with Crippen LogP contribution < -0.4 is 10.1 Å². The molecule has 1 N–H and O–H groups in total. The molecule has 6 nitrogen and oxygen atoms in total. The van der Waals surface area contributed by atoms with E-state index in [1.165, 1.54) is 11.8 Å². The lowest BCUT2D eigenvalue weighted by molar-refractivity contribution is -0.113. The van der Waals surface area contributed by atoms with E-state index in [1.54, 1.807) is 0 Å². The van der Waals surface area contributed by atoms with Gasteiger partial charge in [0, 0.05) is 16.3 Å². The average molecular weight is 508 g/mol. The number of carbonyl (C=O) groups is 1. The molecule has 0 spiro atoms. The number of benzene rings is 2. The fourth-order valence-electron chi connectivity index (χ4n) is 2.65. The fraction of sp³-hybridized carbons (Fsp3) is 0.250. The summed E-state index contributed by atoms with van der Waals surface area (Å²) in [4.78, 5) is 12.3. The Morgan fingerprint density at radius 3 is 2.71 bits per heavy atom. The maximum atomic E-state index is 12.3. The van der Waals surface area contributed by atoms with Crippen molar-refractivity contribution in [2.75, 3.05) is 11.1 Å². The number of nitrogens with zero attached hydrogens (tertiary/aromatic N) is 3. The summed E-state index contributed by atoms with van der Waals surface area (Å²) in [6.07, 6.45) is -0.252. The molecule has 1 heterocycles. The number of para-hydroxylation sites is 1. The monoisotopic (exact) mass is 508 g/mol. The van der Waals surface area contributed by atoms with E-state index in [2.05, 4.69) is 38.1 Å². The number of aryl methyl sites for hydroxylation is 1. The molecule has 0 saturated heterocycles. The van der Waals surface area contributed by atoms with E-state index >= 15 is 0 Å². The van der Waals surface area contributed by atoms with Crippen LogP contribution in [0.4, 0.5) is 5.69 Å². The van der Waals surface area contributed by atoms with Gasteiger partial charge < -0.3 is 14.6 Å². The van der Waals surface area contributed by atoms with E-state index in [4.69, 9.17) is 4.74 Å². The summed E-state index contributed by atoms with van der Waals surface area (Å²) in [5.41, 5.74) is 1.87. The van der Waals surface area contributed by atoms with Crippen molar-refractivity contribution in [2.45, 2.75) is 25.1 Å². The molecular weight excluding hydrogens is 487 g/mol. The minimum Gasteiger partial charge on any atom is -0.483 e. The Morgan fingerprint density at radius 1 is 1.25 bits per heavy atom. The van der Waals surface area contributed by atoms with Crippen LogP contribution in [0.2, 0.25) is 0 Å². The number of aromatic nitrogens is 3. The zero-order valence-corrected chi connectivity index (χ0v) is 18.8. The first kappa shape index (κ1) is 20.7. The van der Waals surface area contributed by atoms with Gasteiger partial charge in [0.1, 0.15) is 5.75 Å². The maximum Gasteiger partial charge on any atom is 0.234 e. The Balaban J connectivity index is 1.58. The summed E-state index contributed by atoms with van der Waals surface area (Å²) in [5, 5.41) is 12.1. The van der Waals surface area contributed by atoms with Gasteiger partial charge in [0.25, 0.3) is 0 Å². The Kier molecular flexibility index (Phi) is 6.95. The highest BCUT2D eigenvalue weighted by Crippen LogP contribution is 2.24. The second kappa shape index (κ2) is 9.42. The third-order valence-corrected chi connectivity index (χ3v) is 5.77. The van der Waals surface area contributed by atoms with Crippen LogP contribution in [-0.2, 0) is 11.8 Å². The lowest BCUT2D eigenvalue weighted by atomic mass is 10.2. The molecule has 1 unspecified atom stereocenters. The molecule has 0 bridgehead atoms. The summed E-state index contributed by atoms with van der Waals surface area (Å²) in [6.45, 7) is 3.91. The molecule has 0 aliphatic heterocycles. The van der Waals surface area contributed by atoms with Crippen molar-refractivity contribution in [2.24, 2.45) is 7.05 Å². The van der Waals surface area contributed by atoms with Crippen molar-refractivity contribution in [1.29, 1.82) is 0 Å². The first-order valence-electron chi connectivity index (χ1n) is 8.74. The summed E-state index contributed by atoms with van der Waals surface area (Å²) in [5.74, 6) is 1.66. The third-order valence-electron chi connectivity index (χ3n) is 4.08. The highest BCUT2D eigenvalue weighted by atomic mass is 127. The molecule has 0 aliphatic carbocycles. The fourth-order valence-corrected chi connectivity index (χ4v) is 4.01. The van der Waals surface area contributed by atoms with Crippen molar-refractivity contribution in [3.05, 3.63) is 63.5 Å². The standard InChI is InChI=1S/C20H21IN4O2S/c1-13-11-15(21)9-10-17(13)22-18(26)12-28-20-24-23-19(25(20)3)14(2)27-16-7-5-4-6-8-16/h4-11,14H,12H2,1-3H3,(H,22,26). The molecule has 3 rings (SSSR count). The predicted molar refractivity (Wildman–Crippen MR) is 120 cm³/mol. The van der Waals surface area contributed by atoms with Gasteiger partial charge in [-0.2, -0.15) is 0 Å². The summed E-state index contributed by atoms with van der Waals surface area (Å²) in [6, 6.07) is 15.5. The number of anilines is 1. The molecular formula is C20H21IN4O2S. The van der Waals surface area contributed by atoms with Gasteiger partial charge in [-0.15, -0.1) is 10.2 Å². The van der Waals surface area contributed by atoms with Crippen molar-refractivity contribution in [1.82, 2.24) is 14.8 Å². The van der Waals surface area contributed by atoms with Gasteiger partial charge in [0.2, 0.25) is 5.91 Å². The normalized spacial score (nSPS) is 11.9. The van der Waals surface area contributed by atoms with E-state index in [-0.39, 0.29) is 17.8 Å². The lowest BCUT2D eigenvalue weighted by Crippen LogP contribution is -2.15. The molecule has 28 heavy (non-hydrogen) atoms. The molecule has 0 radical (unpaired) electrons. The van der Waals surface area contributed by atoms with Gasteiger partial charge in [-0.05, 0) is 72.3 Å². The molecule has 0 aliphatic rings. The summed E-state index contributed by atoms with van der Waals surface area (Å²) < 4.78 is 8.91. The van der Waals surface area contributed by atoms with Gasteiger partial charge in [-0.25, -0.2) is 0 Å². The van der Waals surface area contributed by atoms with Crippen LogP contribution in [0.5, 0.6) is 5.75 Å². The number of hydrogen-bond donors (Lipinski definition) is 1. The number of nitrogens with one attached hydrogen (secondary N) is 1. The first-order chi connectivity index (χ1) is 13.4. The molecule has 1 aromatic heterocycles. The summed E-state index contributed by atoms with van der Waals surface area (Å²) in [7, 11) is 1.88. The highest BCUT2D eigenvalue weighted by Gasteiger charge is 2.18. The largest absolute Gasteiger partial charge is 0.483 e. The van der Waals surface area contributed by atoms with Gasteiger partial charge in [0.05, 0.1) is 5.75 Å². The number of thioether (sulfide) groups is 1. The van der Waals surface area contributed by atoms with Crippen LogP contribution in [0, 0.1) is 10.5 Å². The van der Waals surface area contributed by atoms with Gasteiger partial charge in [0.15, 0.2) is 17.1 Å². The van der Waals surface area contributed by atoms with Gasteiger partial charge in [-0.1, -0.05) is 30.0 Å². The Bertz CT molecular complexity index is 962. The van der Waals surface area contributed by atoms with Crippen LogP contribution in [0.1, 0.15) is 24.4 Å². The Hall–Kier alpha value is -2.07. The lowest BCUT2D eigenvalue weighted by Gasteiger charge is -2.14. The van der Waals surface area contributed by atoms with Crippen molar-refractivity contribution in [3.8, 4) is 5.75 Å². The second-order valence-electron chi connectivity index (χ2n) is 6.27. The van der Waals surface area contributed by atoms with Gasteiger partial charge >= 0.3 is 0 Å². The quantitative estimate of drug-likeness (QED) is 0.373. The van der Waals surface area contributed by atoms with Crippen LogP contribution >= 0.6 is 34.4 Å². The summed E-state index contributed by atoms with van der Waals surface area (Å²) >= 11 is 3.60. The van der Waals surface area contributed by atoms with Crippen molar-refractivity contribution >= 4 is 45.9 Å². The Morgan fingerprint density at radius 2 is 2.00 bits per heavy atom. The average Bonchev–Trinajstić information content (AvgIpc) is 3.04. The number of carbonyl (C=O) groups excluding carboxylic acids is 1. The molecule has 1 atom stereocenters. The number of hydrogen-bond acceptors (Lipinski definition) is 5. The number of ether oxygens (including phenoxy) is 1. The molecule has 3 aromatic rings. The zero-order valence-electron chi connectivity index (χ0n) is 15.8. The molecule has 0 saturated carbocycles. The van der Waals surface area contributed by atoms with Crippen LogP contribution in [0.15, 0.2) is 53.7 Å². The smallest absolute Gasteiger partial charge is 0.234 e. The van der Waals surface area contributed by atoms with Crippen LogP contribution in [0.25, 0.3) is 0 Å². The molecule has 1 amide bonds. The van der Waals surface area contributed by atoms with Crippen molar-refractivity contribution in [3.63, 3.8) is 0 Å². The van der Waals surface area contributed by atoms with E-state index in [9.17, 15) is 4.79 Å². The van der Waals surface area contributed by atoms with E-state index in [0.717, 1.165) is 20.6 Å². The van der Waals surface area contributed by atoms with Crippen LogP contribution in [-0.4, -0.2) is 26.4 Å². The molecule has 2 aromatic carbocycles. The van der Waals surface area contributed by atoms with E-state index in [0.29, 0.717) is 11.0 Å². The maximum absolute atomic E-state index is 12.3. The highest BCUT2D eigenvalue weighted by molar-refractivity contribution is 14.1. The minimum absolute atomic E-state index is 0.0764. The number of rotatable bonds is 7. The van der Waals surface area contributed by atoms with Crippen molar-refractivity contribution < 1.29 is 9.53 Å². The first-order valence-corrected chi connectivity index (χ1v) is 10.8. The number of halogens is 1. The van der Waals surface area contributed by atoms with Gasteiger partial charge in [-0.3, -0.25) is 4.79 Å². The SMILES string of the molecule is Cc1cc(I)ccc1NC(=O)CSc1nnc(C(C)Oc2ccccc2)n1C. The predicted octanol–water partition coefficient (Wildman–Crippen LogP) is 4.60. The second-order valence-corrected chi connectivity index (χ2v) is 8.46. The minimum atomic E-state index is -0.252. The topological polar surface area (TPSA) is 69.0 Å². The zero-order chi connectivity index (χ0) is 20.1. The van der Waals surface area contributed by atoms with Crippen LogP contribution in [0.3, 0.4) is 0 Å². The van der Waals surface area contributed by atoms with E-state index in [1.807, 2.05) is 74.0 Å². The molecule has 146 valence electrons. The molecule has 0 fully saturated rings. The third kappa shape index (κ3) is 5.26. The Labute approximate surface area is 182 Å². The number of amides is 1. The molecule has 8 heteroatoms.